The molecule has 2 aromatic carbocycles. The minimum absolute atomic E-state index is 0.0336. The molecule has 26 heavy (non-hydrogen) atoms. The van der Waals surface area contributed by atoms with Gasteiger partial charge in [-0.25, -0.2) is 14.5 Å². The average Bonchev–Trinajstić information content (AvgIpc) is 2.61. The SMILES string of the molecule is CC(=O)N(C(=O)OCc1ccccc1)[C@H](Cc1ccc(O)cc1)C(=O)O. The first-order valence-corrected chi connectivity index (χ1v) is 7.89. The normalized spacial score (nSPS) is 11.4. The summed E-state index contributed by atoms with van der Waals surface area (Å²) < 4.78 is 5.10. The summed E-state index contributed by atoms with van der Waals surface area (Å²) in [7, 11) is 0. The number of amides is 2. The Bertz CT molecular complexity index is 772. The summed E-state index contributed by atoms with van der Waals surface area (Å²) in [4.78, 5) is 36.5. The Morgan fingerprint density at radius 2 is 1.62 bits per heavy atom. The maximum atomic E-state index is 12.3. The van der Waals surface area contributed by atoms with Crippen molar-refractivity contribution in [2.75, 3.05) is 0 Å². The molecule has 7 nitrogen and oxygen atoms in total. The molecule has 0 aliphatic rings. The molecule has 136 valence electrons. The summed E-state index contributed by atoms with van der Waals surface area (Å²) in [6.07, 6.45) is -1.12. The second-order valence-corrected chi connectivity index (χ2v) is 5.65. The number of hydrogen-bond donors (Lipinski definition) is 2. The summed E-state index contributed by atoms with van der Waals surface area (Å²) in [5, 5.41) is 18.8. The Balaban J connectivity index is 2.15. The third kappa shape index (κ3) is 5.07. The third-order valence-electron chi connectivity index (χ3n) is 3.70. The molecule has 1 atom stereocenters. The lowest BCUT2D eigenvalue weighted by Gasteiger charge is -2.25. The lowest BCUT2D eigenvalue weighted by molar-refractivity contribution is -0.148. The van der Waals surface area contributed by atoms with Crippen molar-refractivity contribution in [1.29, 1.82) is 0 Å². The Morgan fingerprint density at radius 3 is 2.15 bits per heavy atom. The second-order valence-electron chi connectivity index (χ2n) is 5.65. The number of hydrogen-bond acceptors (Lipinski definition) is 5. The number of imide groups is 1. The molecule has 0 bridgehead atoms. The van der Waals surface area contributed by atoms with Crippen LogP contribution in [0.3, 0.4) is 0 Å². The van der Waals surface area contributed by atoms with Crippen LogP contribution in [0.4, 0.5) is 4.79 Å². The molecule has 0 radical (unpaired) electrons. The number of nitrogens with zero attached hydrogens (tertiary/aromatic N) is 1. The fraction of sp³-hybridized carbons (Fsp3) is 0.211. The first kappa shape index (κ1) is 19.0. The van der Waals surface area contributed by atoms with E-state index in [0.29, 0.717) is 10.5 Å². The monoisotopic (exact) mass is 357 g/mol. The molecule has 0 fully saturated rings. The van der Waals surface area contributed by atoms with Crippen molar-refractivity contribution >= 4 is 18.0 Å². The van der Waals surface area contributed by atoms with Crippen molar-refractivity contribution < 1.29 is 29.3 Å². The van der Waals surface area contributed by atoms with Gasteiger partial charge in [-0.2, -0.15) is 0 Å². The minimum atomic E-state index is -1.42. The Kier molecular flexibility index (Phi) is 6.32. The summed E-state index contributed by atoms with van der Waals surface area (Å²) in [5.74, 6) is -2.02. The van der Waals surface area contributed by atoms with E-state index in [9.17, 15) is 24.6 Å². The molecule has 2 aromatic rings. The van der Waals surface area contributed by atoms with E-state index in [-0.39, 0.29) is 18.8 Å². The zero-order chi connectivity index (χ0) is 19.1. The molecule has 0 aliphatic heterocycles. The van der Waals surface area contributed by atoms with Gasteiger partial charge in [0.05, 0.1) is 0 Å². The Morgan fingerprint density at radius 1 is 1.00 bits per heavy atom. The van der Waals surface area contributed by atoms with Gasteiger partial charge in [-0.3, -0.25) is 4.79 Å². The number of carbonyl (C=O) groups is 3. The van der Waals surface area contributed by atoms with Crippen molar-refractivity contribution in [2.24, 2.45) is 0 Å². The van der Waals surface area contributed by atoms with Gasteiger partial charge in [0.1, 0.15) is 18.4 Å². The van der Waals surface area contributed by atoms with Gasteiger partial charge in [-0.15, -0.1) is 0 Å². The molecule has 2 amide bonds. The van der Waals surface area contributed by atoms with Gasteiger partial charge in [-0.05, 0) is 23.3 Å². The summed E-state index contributed by atoms with van der Waals surface area (Å²) in [5.41, 5.74) is 1.27. The molecular weight excluding hydrogens is 338 g/mol. The number of phenols is 1. The number of carboxylic acids is 1. The van der Waals surface area contributed by atoms with Crippen LogP contribution in [-0.4, -0.2) is 39.1 Å². The highest BCUT2D eigenvalue weighted by molar-refractivity contribution is 5.95. The average molecular weight is 357 g/mol. The fourth-order valence-electron chi connectivity index (χ4n) is 2.41. The van der Waals surface area contributed by atoms with Crippen molar-refractivity contribution in [3.05, 3.63) is 65.7 Å². The molecule has 0 spiro atoms. The number of carboxylic acid groups (broad SMARTS) is 1. The highest BCUT2D eigenvalue weighted by Gasteiger charge is 2.34. The number of aliphatic carboxylic acids is 1. The number of ether oxygens (including phenoxy) is 1. The van der Waals surface area contributed by atoms with Crippen LogP contribution in [0.15, 0.2) is 54.6 Å². The van der Waals surface area contributed by atoms with Crippen LogP contribution in [0.1, 0.15) is 18.1 Å². The lowest BCUT2D eigenvalue weighted by atomic mass is 10.0. The fourth-order valence-corrected chi connectivity index (χ4v) is 2.41. The van der Waals surface area contributed by atoms with E-state index in [2.05, 4.69) is 0 Å². The smallest absolute Gasteiger partial charge is 0.417 e. The van der Waals surface area contributed by atoms with Crippen LogP contribution < -0.4 is 0 Å². The third-order valence-corrected chi connectivity index (χ3v) is 3.70. The van der Waals surface area contributed by atoms with Crippen LogP contribution in [0.5, 0.6) is 5.75 Å². The molecule has 0 saturated heterocycles. The lowest BCUT2D eigenvalue weighted by Crippen LogP contribution is -2.49. The van der Waals surface area contributed by atoms with E-state index < -0.39 is 24.0 Å². The van der Waals surface area contributed by atoms with Crippen LogP contribution in [0, 0.1) is 0 Å². The highest BCUT2D eigenvalue weighted by atomic mass is 16.6. The number of benzene rings is 2. The maximum absolute atomic E-state index is 12.3. The van der Waals surface area contributed by atoms with Crippen molar-refractivity contribution in [3.63, 3.8) is 0 Å². The first-order chi connectivity index (χ1) is 12.4. The van der Waals surface area contributed by atoms with Gasteiger partial charge in [0.15, 0.2) is 0 Å². The van der Waals surface area contributed by atoms with Crippen LogP contribution >= 0.6 is 0 Å². The van der Waals surface area contributed by atoms with Crippen molar-refractivity contribution in [2.45, 2.75) is 26.0 Å². The van der Waals surface area contributed by atoms with Crippen LogP contribution in [0.25, 0.3) is 0 Å². The van der Waals surface area contributed by atoms with Crippen LogP contribution in [0.2, 0.25) is 0 Å². The summed E-state index contributed by atoms with van der Waals surface area (Å²) in [6.45, 7) is 1.03. The number of aromatic hydroxyl groups is 1. The Hall–Kier alpha value is -3.35. The topological polar surface area (TPSA) is 104 Å². The van der Waals surface area contributed by atoms with Gasteiger partial charge >= 0.3 is 12.1 Å². The molecular formula is C19H19NO6. The first-order valence-electron chi connectivity index (χ1n) is 7.89. The maximum Gasteiger partial charge on any atom is 0.417 e. The molecule has 0 aliphatic carbocycles. The van der Waals surface area contributed by atoms with E-state index >= 15 is 0 Å². The quantitative estimate of drug-likeness (QED) is 0.823. The molecule has 7 heteroatoms. The van der Waals surface area contributed by atoms with Crippen LogP contribution in [-0.2, 0) is 27.4 Å². The van der Waals surface area contributed by atoms with E-state index in [0.717, 1.165) is 12.5 Å². The predicted octanol–water partition coefficient (Wildman–Crippen LogP) is 2.57. The van der Waals surface area contributed by atoms with Gasteiger partial charge < -0.3 is 14.9 Å². The Labute approximate surface area is 150 Å². The molecule has 0 heterocycles. The number of rotatable bonds is 6. The summed E-state index contributed by atoms with van der Waals surface area (Å²) >= 11 is 0. The van der Waals surface area contributed by atoms with Gasteiger partial charge in [-0.1, -0.05) is 42.5 Å². The van der Waals surface area contributed by atoms with E-state index in [1.165, 1.54) is 24.3 Å². The predicted molar refractivity (Wildman–Crippen MR) is 92.4 cm³/mol. The van der Waals surface area contributed by atoms with E-state index in [1.54, 1.807) is 24.3 Å². The highest BCUT2D eigenvalue weighted by Crippen LogP contribution is 2.16. The van der Waals surface area contributed by atoms with Crippen molar-refractivity contribution in [3.8, 4) is 5.75 Å². The van der Waals surface area contributed by atoms with Gasteiger partial charge in [0.2, 0.25) is 5.91 Å². The molecule has 0 unspecified atom stereocenters. The zero-order valence-electron chi connectivity index (χ0n) is 14.2. The molecule has 2 N–H and O–H groups in total. The zero-order valence-corrected chi connectivity index (χ0v) is 14.2. The molecule has 2 rings (SSSR count). The molecule has 0 aromatic heterocycles. The number of carbonyl (C=O) groups excluding carboxylic acids is 2. The van der Waals surface area contributed by atoms with Gasteiger partial charge in [0.25, 0.3) is 0 Å². The number of phenolic OH excluding ortho intramolecular Hbond substituents is 1. The molecule has 0 saturated carbocycles. The standard InChI is InChI=1S/C19H19NO6/c1-13(21)20(19(25)26-12-15-5-3-2-4-6-15)17(18(23)24)11-14-7-9-16(22)10-8-14/h2-10,17,22H,11-12H2,1H3,(H,23,24)/t17-/m1/s1. The van der Waals surface area contributed by atoms with Crippen molar-refractivity contribution in [1.82, 2.24) is 4.90 Å². The summed E-state index contributed by atoms with van der Waals surface area (Å²) in [6, 6.07) is 13.3. The largest absolute Gasteiger partial charge is 0.508 e. The van der Waals surface area contributed by atoms with E-state index in [1.807, 2.05) is 6.07 Å². The van der Waals surface area contributed by atoms with E-state index in [4.69, 9.17) is 4.74 Å². The minimum Gasteiger partial charge on any atom is -0.508 e. The second kappa shape index (κ2) is 8.66. The van der Waals surface area contributed by atoms with Gasteiger partial charge in [0, 0.05) is 13.3 Å².